The number of carbonyl (C=O) groups is 1. The SMILES string of the molecule is CCCCC(C)NC1CCN(C(C)=O)C1. The molecule has 0 aromatic carbocycles. The lowest BCUT2D eigenvalue weighted by atomic mass is 10.1. The fraction of sp³-hybridized carbons (Fsp3) is 0.917. The van der Waals surface area contributed by atoms with Crippen LogP contribution in [-0.4, -0.2) is 36.0 Å². The molecule has 1 saturated heterocycles. The van der Waals surface area contributed by atoms with Crippen molar-refractivity contribution in [3.05, 3.63) is 0 Å². The highest BCUT2D eigenvalue weighted by atomic mass is 16.2. The highest BCUT2D eigenvalue weighted by molar-refractivity contribution is 5.73. The maximum atomic E-state index is 11.1. The molecule has 1 aliphatic heterocycles. The molecule has 0 bridgehead atoms. The molecule has 1 aliphatic rings. The van der Waals surface area contributed by atoms with Gasteiger partial charge in [0.1, 0.15) is 0 Å². The summed E-state index contributed by atoms with van der Waals surface area (Å²) >= 11 is 0. The van der Waals surface area contributed by atoms with Crippen LogP contribution >= 0.6 is 0 Å². The third-order valence-corrected chi connectivity index (χ3v) is 3.14. The number of amides is 1. The van der Waals surface area contributed by atoms with Gasteiger partial charge in [-0.15, -0.1) is 0 Å². The zero-order chi connectivity index (χ0) is 11.3. The second-order valence-electron chi connectivity index (χ2n) is 4.66. The van der Waals surface area contributed by atoms with Gasteiger partial charge >= 0.3 is 0 Å². The molecule has 1 amide bonds. The largest absolute Gasteiger partial charge is 0.341 e. The van der Waals surface area contributed by atoms with Crippen LogP contribution in [0, 0.1) is 0 Å². The third kappa shape index (κ3) is 4.20. The van der Waals surface area contributed by atoms with E-state index in [1.807, 2.05) is 4.90 Å². The van der Waals surface area contributed by atoms with Gasteiger partial charge in [0, 0.05) is 32.1 Å². The van der Waals surface area contributed by atoms with Crippen molar-refractivity contribution < 1.29 is 4.79 Å². The van der Waals surface area contributed by atoms with Gasteiger partial charge in [0.05, 0.1) is 0 Å². The molecule has 3 nitrogen and oxygen atoms in total. The average molecular weight is 212 g/mol. The lowest BCUT2D eigenvalue weighted by Crippen LogP contribution is -2.39. The molecule has 1 fully saturated rings. The highest BCUT2D eigenvalue weighted by Gasteiger charge is 2.24. The van der Waals surface area contributed by atoms with Crippen molar-refractivity contribution in [3.63, 3.8) is 0 Å². The monoisotopic (exact) mass is 212 g/mol. The van der Waals surface area contributed by atoms with Gasteiger partial charge in [0.25, 0.3) is 0 Å². The molecular formula is C12H24N2O. The van der Waals surface area contributed by atoms with Gasteiger partial charge in [-0.3, -0.25) is 4.79 Å². The van der Waals surface area contributed by atoms with Crippen molar-refractivity contribution in [1.82, 2.24) is 10.2 Å². The zero-order valence-corrected chi connectivity index (χ0v) is 10.3. The fourth-order valence-corrected chi connectivity index (χ4v) is 2.18. The summed E-state index contributed by atoms with van der Waals surface area (Å²) in [6.07, 6.45) is 4.90. The smallest absolute Gasteiger partial charge is 0.219 e. The first kappa shape index (κ1) is 12.5. The van der Waals surface area contributed by atoms with Gasteiger partial charge < -0.3 is 10.2 Å². The van der Waals surface area contributed by atoms with Crippen LogP contribution < -0.4 is 5.32 Å². The van der Waals surface area contributed by atoms with Gasteiger partial charge in [-0.2, -0.15) is 0 Å². The van der Waals surface area contributed by atoms with Gasteiger partial charge in [-0.1, -0.05) is 19.8 Å². The first-order chi connectivity index (χ1) is 7.13. The molecule has 2 atom stereocenters. The Morgan fingerprint density at radius 1 is 1.60 bits per heavy atom. The summed E-state index contributed by atoms with van der Waals surface area (Å²) in [5.74, 6) is 0.209. The van der Waals surface area contributed by atoms with Crippen LogP contribution in [0.25, 0.3) is 0 Å². The lowest BCUT2D eigenvalue weighted by Gasteiger charge is -2.19. The van der Waals surface area contributed by atoms with Crippen LogP contribution in [0.15, 0.2) is 0 Å². The maximum Gasteiger partial charge on any atom is 0.219 e. The van der Waals surface area contributed by atoms with Crippen molar-refractivity contribution >= 4 is 5.91 Å². The number of carbonyl (C=O) groups excluding carboxylic acids is 1. The fourth-order valence-electron chi connectivity index (χ4n) is 2.18. The molecule has 2 unspecified atom stereocenters. The van der Waals surface area contributed by atoms with E-state index in [9.17, 15) is 4.79 Å². The Balaban J connectivity index is 2.20. The normalized spacial score (nSPS) is 23.1. The quantitative estimate of drug-likeness (QED) is 0.753. The topological polar surface area (TPSA) is 32.3 Å². The molecule has 1 N–H and O–H groups in total. The summed E-state index contributed by atoms with van der Waals surface area (Å²) in [4.78, 5) is 13.1. The summed E-state index contributed by atoms with van der Waals surface area (Å²) in [6.45, 7) is 7.94. The van der Waals surface area contributed by atoms with Gasteiger partial charge in [-0.25, -0.2) is 0 Å². The van der Waals surface area contributed by atoms with E-state index in [-0.39, 0.29) is 5.91 Å². The van der Waals surface area contributed by atoms with Crippen molar-refractivity contribution in [2.75, 3.05) is 13.1 Å². The number of nitrogens with zero attached hydrogens (tertiary/aromatic N) is 1. The van der Waals surface area contributed by atoms with E-state index in [2.05, 4.69) is 19.2 Å². The zero-order valence-electron chi connectivity index (χ0n) is 10.3. The Kier molecular flexibility index (Phi) is 5.09. The molecule has 88 valence electrons. The Bertz CT molecular complexity index is 206. The van der Waals surface area contributed by atoms with Crippen molar-refractivity contribution in [2.45, 2.75) is 58.5 Å². The number of rotatable bonds is 5. The van der Waals surface area contributed by atoms with Crippen LogP contribution in [0.4, 0.5) is 0 Å². The van der Waals surface area contributed by atoms with Crippen LogP contribution in [0.2, 0.25) is 0 Å². The average Bonchev–Trinajstić information content (AvgIpc) is 2.63. The standard InChI is InChI=1S/C12H24N2O/c1-4-5-6-10(2)13-12-7-8-14(9-12)11(3)15/h10,12-13H,4-9H2,1-3H3. The Morgan fingerprint density at radius 2 is 2.33 bits per heavy atom. The number of hydrogen-bond acceptors (Lipinski definition) is 2. The van der Waals surface area contributed by atoms with Crippen molar-refractivity contribution in [2.24, 2.45) is 0 Å². The summed E-state index contributed by atoms with van der Waals surface area (Å²) in [5, 5.41) is 3.60. The van der Waals surface area contributed by atoms with Crippen molar-refractivity contribution in [1.29, 1.82) is 0 Å². The summed E-state index contributed by atoms with van der Waals surface area (Å²) < 4.78 is 0. The second kappa shape index (κ2) is 6.11. The predicted octanol–water partition coefficient (Wildman–Crippen LogP) is 1.78. The number of hydrogen-bond donors (Lipinski definition) is 1. The minimum absolute atomic E-state index is 0.209. The van der Waals surface area contributed by atoms with Crippen molar-refractivity contribution in [3.8, 4) is 0 Å². The van der Waals surface area contributed by atoms with E-state index in [1.54, 1.807) is 6.92 Å². The van der Waals surface area contributed by atoms with Crippen LogP contribution in [0.5, 0.6) is 0 Å². The summed E-state index contributed by atoms with van der Waals surface area (Å²) in [7, 11) is 0. The van der Waals surface area contributed by atoms with Gasteiger partial charge in [-0.05, 0) is 19.8 Å². The third-order valence-electron chi connectivity index (χ3n) is 3.14. The van der Waals surface area contributed by atoms with E-state index in [4.69, 9.17) is 0 Å². The summed E-state index contributed by atoms with van der Waals surface area (Å²) in [6, 6.07) is 1.10. The molecular weight excluding hydrogens is 188 g/mol. The van der Waals surface area contributed by atoms with Crippen LogP contribution in [0.1, 0.15) is 46.5 Å². The van der Waals surface area contributed by atoms with E-state index in [0.29, 0.717) is 12.1 Å². The first-order valence-corrected chi connectivity index (χ1v) is 6.15. The number of nitrogens with one attached hydrogen (secondary N) is 1. The summed E-state index contributed by atoms with van der Waals surface area (Å²) in [5.41, 5.74) is 0. The molecule has 1 heterocycles. The molecule has 1 rings (SSSR count). The molecule has 0 aliphatic carbocycles. The first-order valence-electron chi connectivity index (χ1n) is 6.15. The number of unbranched alkanes of at least 4 members (excludes halogenated alkanes) is 1. The van der Waals surface area contributed by atoms with E-state index in [0.717, 1.165) is 19.5 Å². The molecule has 3 heteroatoms. The van der Waals surface area contributed by atoms with E-state index >= 15 is 0 Å². The molecule has 0 aromatic rings. The minimum atomic E-state index is 0.209. The van der Waals surface area contributed by atoms with Gasteiger partial charge in [0.15, 0.2) is 0 Å². The molecule has 15 heavy (non-hydrogen) atoms. The van der Waals surface area contributed by atoms with E-state index < -0.39 is 0 Å². The Hall–Kier alpha value is -0.570. The van der Waals surface area contributed by atoms with Crippen LogP contribution in [0.3, 0.4) is 0 Å². The van der Waals surface area contributed by atoms with Crippen LogP contribution in [-0.2, 0) is 4.79 Å². The lowest BCUT2D eigenvalue weighted by molar-refractivity contribution is -0.127. The predicted molar refractivity (Wildman–Crippen MR) is 62.8 cm³/mol. The Labute approximate surface area is 93.2 Å². The molecule has 0 saturated carbocycles. The molecule has 0 aromatic heterocycles. The van der Waals surface area contributed by atoms with E-state index in [1.165, 1.54) is 19.3 Å². The second-order valence-corrected chi connectivity index (χ2v) is 4.66. The minimum Gasteiger partial charge on any atom is -0.341 e. The number of likely N-dealkylation sites (tertiary alicyclic amines) is 1. The molecule has 0 spiro atoms. The highest BCUT2D eigenvalue weighted by Crippen LogP contribution is 2.11. The van der Waals surface area contributed by atoms with Gasteiger partial charge in [0.2, 0.25) is 5.91 Å². The Morgan fingerprint density at radius 3 is 2.87 bits per heavy atom. The maximum absolute atomic E-state index is 11.1. The molecule has 0 radical (unpaired) electrons.